The Labute approximate surface area is 149 Å². The molecule has 26 heavy (non-hydrogen) atoms. The second kappa shape index (κ2) is 7.35. The fourth-order valence-corrected chi connectivity index (χ4v) is 2.63. The van der Waals surface area contributed by atoms with Gasteiger partial charge >= 0.3 is 0 Å². The molecule has 0 unspecified atom stereocenters. The van der Waals surface area contributed by atoms with Gasteiger partial charge in [0.2, 0.25) is 0 Å². The van der Waals surface area contributed by atoms with Crippen molar-refractivity contribution in [1.82, 2.24) is 14.9 Å². The van der Waals surface area contributed by atoms with Crippen molar-refractivity contribution in [2.45, 2.75) is 6.04 Å². The molecule has 0 aliphatic carbocycles. The zero-order valence-corrected chi connectivity index (χ0v) is 14.2. The number of carbonyl (C=O) groups is 1. The second-order valence-electron chi connectivity index (χ2n) is 5.71. The van der Waals surface area contributed by atoms with Crippen molar-refractivity contribution >= 4 is 5.91 Å². The third kappa shape index (κ3) is 3.56. The van der Waals surface area contributed by atoms with Crippen LogP contribution in [0.1, 0.15) is 27.8 Å². The van der Waals surface area contributed by atoms with E-state index in [4.69, 9.17) is 4.74 Å². The van der Waals surface area contributed by atoms with E-state index in [1.165, 1.54) is 6.07 Å². The van der Waals surface area contributed by atoms with Gasteiger partial charge in [-0.15, -0.1) is 0 Å². The third-order valence-electron chi connectivity index (χ3n) is 4.00. The number of methoxy groups -OCH3 is 1. The number of ether oxygens (including phenoxy) is 1. The minimum atomic E-state index is -1.08. The summed E-state index contributed by atoms with van der Waals surface area (Å²) in [4.78, 5) is 16.9. The Balaban J connectivity index is 1.97. The van der Waals surface area contributed by atoms with E-state index in [1.807, 2.05) is 6.07 Å². The van der Waals surface area contributed by atoms with E-state index < -0.39 is 23.6 Å². The number of nitrogens with zero attached hydrogens (tertiary/aromatic N) is 2. The van der Waals surface area contributed by atoms with Crippen LogP contribution in [0.2, 0.25) is 0 Å². The molecule has 1 N–H and O–H groups in total. The number of imidazole rings is 1. The first-order valence-electron chi connectivity index (χ1n) is 7.86. The zero-order chi connectivity index (χ0) is 18.7. The number of aryl methyl sites for hydroxylation is 1. The normalized spacial score (nSPS) is 11.8. The first kappa shape index (κ1) is 17.6. The largest absolute Gasteiger partial charge is 0.497 e. The van der Waals surface area contributed by atoms with Crippen LogP contribution in [-0.2, 0) is 7.05 Å². The Bertz CT molecular complexity index is 940. The van der Waals surface area contributed by atoms with E-state index in [2.05, 4.69) is 10.3 Å². The molecule has 134 valence electrons. The number of aromatic nitrogens is 2. The topological polar surface area (TPSA) is 56.1 Å². The maximum atomic E-state index is 13.4. The van der Waals surface area contributed by atoms with Gasteiger partial charge in [0.15, 0.2) is 11.6 Å². The third-order valence-corrected chi connectivity index (χ3v) is 4.00. The highest BCUT2D eigenvalue weighted by Gasteiger charge is 2.22. The highest BCUT2D eigenvalue weighted by atomic mass is 19.2. The Morgan fingerprint density at radius 2 is 2.00 bits per heavy atom. The number of nitrogens with one attached hydrogen (secondary N) is 1. The highest BCUT2D eigenvalue weighted by molar-refractivity contribution is 5.94. The van der Waals surface area contributed by atoms with Crippen LogP contribution in [0.15, 0.2) is 54.9 Å². The van der Waals surface area contributed by atoms with E-state index >= 15 is 0 Å². The molecule has 0 radical (unpaired) electrons. The lowest BCUT2D eigenvalue weighted by Gasteiger charge is -2.20. The number of carbonyl (C=O) groups excluding carboxylic acids is 1. The Hall–Kier alpha value is -3.22. The SMILES string of the molecule is COc1cccc([C@H](NC(=O)c2ccc(F)c(F)c2)c2nccn2C)c1. The van der Waals surface area contributed by atoms with Gasteiger partial charge in [-0.1, -0.05) is 12.1 Å². The van der Waals surface area contributed by atoms with Gasteiger partial charge in [-0.2, -0.15) is 0 Å². The number of hydrogen-bond acceptors (Lipinski definition) is 3. The summed E-state index contributed by atoms with van der Waals surface area (Å²) in [7, 11) is 3.36. The van der Waals surface area contributed by atoms with E-state index in [0.717, 1.165) is 17.7 Å². The smallest absolute Gasteiger partial charge is 0.252 e. The van der Waals surface area contributed by atoms with Crippen LogP contribution < -0.4 is 10.1 Å². The molecule has 7 heteroatoms. The fourth-order valence-electron chi connectivity index (χ4n) is 2.63. The van der Waals surface area contributed by atoms with Gasteiger partial charge in [-0.05, 0) is 35.9 Å². The van der Waals surface area contributed by atoms with E-state index in [1.54, 1.807) is 49.3 Å². The molecule has 1 amide bonds. The molecule has 2 aromatic carbocycles. The lowest BCUT2D eigenvalue weighted by molar-refractivity contribution is 0.0940. The molecule has 1 atom stereocenters. The Morgan fingerprint density at radius 3 is 2.65 bits per heavy atom. The first-order valence-corrected chi connectivity index (χ1v) is 7.86. The van der Waals surface area contributed by atoms with Crippen molar-refractivity contribution in [2.75, 3.05) is 7.11 Å². The predicted octanol–water partition coefficient (Wildman–Crippen LogP) is 3.23. The minimum absolute atomic E-state index is 0.0194. The Kier molecular flexibility index (Phi) is 4.97. The van der Waals surface area contributed by atoms with Crippen molar-refractivity contribution in [3.63, 3.8) is 0 Å². The van der Waals surface area contributed by atoms with E-state index in [-0.39, 0.29) is 5.56 Å². The summed E-state index contributed by atoms with van der Waals surface area (Å²) in [5, 5.41) is 2.82. The maximum Gasteiger partial charge on any atom is 0.252 e. The Morgan fingerprint density at radius 1 is 1.19 bits per heavy atom. The van der Waals surface area contributed by atoms with Crippen molar-refractivity contribution in [1.29, 1.82) is 0 Å². The second-order valence-corrected chi connectivity index (χ2v) is 5.71. The van der Waals surface area contributed by atoms with Crippen molar-refractivity contribution in [2.24, 2.45) is 7.05 Å². The molecular formula is C19H17F2N3O2. The molecule has 0 aliphatic rings. The molecule has 0 bridgehead atoms. The van der Waals surface area contributed by atoms with Gasteiger partial charge in [0.25, 0.3) is 5.91 Å². The van der Waals surface area contributed by atoms with E-state index in [9.17, 15) is 13.6 Å². The van der Waals surface area contributed by atoms with Crippen LogP contribution in [0.25, 0.3) is 0 Å². The first-order chi connectivity index (χ1) is 12.5. The molecule has 1 heterocycles. The van der Waals surface area contributed by atoms with Gasteiger partial charge in [0, 0.05) is 25.0 Å². The molecule has 0 saturated carbocycles. The number of benzene rings is 2. The highest BCUT2D eigenvalue weighted by Crippen LogP contribution is 2.24. The molecular weight excluding hydrogens is 340 g/mol. The van der Waals surface area contributed by atoms with Crippen molar-refractivity contribution < 1.29 is 18.3 Å². The summed E-state index contributed by atoms with van der Waals surface area (Å²) in [5.74, 6) is -1.40. The molecule has 1 aromatic heterocycles. The predicted molar refractivity (Wildman–Crippen MR) is 91.9 cm³/mol. The molecule has 0 spiro atoms. The van der Waals surface area contributed by atoms with Crippen LogP contribution in [0.5, 0.6) is 5.75 Å². The van der Waals surface area contributed by atoms with Gasteiger partial charge in [-0.3, -0.25) is 4.79 Å². The number of rotatable bonds is 5. The van der Waals surface area contributed by atoms with Crippen molar-refractivity contribution in [3.8, 4) is 5.75 Å². The summed E-state index contributed by atoms with van der Waals surface area (Å²) in [5.41, 5.74) is 0.764. The van der Waals surface area contributed by atoms with Gasteiger partial charge in [0.1, 0.15) is 17.6 Å². The standard InChI is InChI=1S/C19H17F2N3O2/c1-24-9-8-22-18(24)17(12-4-3-5-14(10-12)26-2)23-19(25)13-6-7-15(20)16(21)11-13/h3-11,17H,1-2H3,(H,23,25)/t17-/m0/s1. The fraction of sp³-hybridized carbons (Fsp3) is 0.158. The van der Waals surface area contributed by atoms with Crippen molar-refractivity contribution in [3.05, 3.63) is 83.4 Å². The van der Waals surface area contributed by atoms with Gasteiger partial charge in [0.05, 0.1) is 7.11 Å². The average molecular weight is 357 g/mol. The van der Waals surface area contributed by atoms with Crippen LogP contribution in [-0.4, -0.2) is 22.6 Å². The molecule has 0 fully saturated rings. The molecule has 3 rings (SSSR count). The molecule has 5 nitrogen and oxygen atoms in total. The minimum Gasteiger partial charge on any atom is -0.497 e. The van der Waals surface area contributed by atoms with Crippen LogP contribution >= 0.6 is 0 Å². The van der Waals surface area contributed by atoms with Crippen LogP contribution in [0, 0.1) is 11.6 Å². The molecule has 0 saturated heterocycles. The molecule has 0 aliphatic heterocycles. The summed E-state index contributed by atoms with van der Waals surface area (Å²) in [6.45, 7) is 0. The molecule has 3 aromatic rings. The number of amides is 1. The van der Waals surface area contributed by atoms with Crippen LogP contribution in [0.4, 0.5) is 8.78 Å². The lowest BCUT2D eigenvalue weighted by atomic mass is 10.0. The lowest BCUT2D eigenvalue weighted by Crippen LogP contribution is -2.31. The van der Waals surface area contributed by atoms with Gasteiger partial charge < -0.3 is 14.6 Å². The average Bonchev–Trinajstić information content (AvgIpc) is 3.07. The van der Waals surface area contributed by atoms with E-state index in [0.29, 0.717) is 11.6 Å². The van der Waals surface area contributed by atoms with Crippen LogP contribution in [0.3, 0.4) is 0 Å². The maximum absolute atomic E-state index is 13.4. The monoisotopic (exact) mass is 357 g/mol. The summed E-state index contributed by atoms with van der Waals surface area (Å²) in [6.07, 6.45) is 3.37. The van der Waals surface area contributed by atoms with Gasteiger partial charge in [-0.25, -0.2) is 13.8 Å². The summed E-state index contributed by atoms with van der Waals surface area (Å²) >= 11 is 0. The summed E-state index contributed by atoms with van der Waals surface area (Å²) in [6, 6.07) is 9.62. The number of halogens is 2. The summed E-state index contributed by atoms with van der Waals surface area (Å²) < 4.78 is 33.6. The zero-order valence-electron chi connectivity index (χ0n) is 14.2. The quantitative estimate of drug-likeness (QED) is 0.763. The number of hydrogen-bond donors (Lipinski definition) is 1.